The van der Waals surface area contributed by atoms with Crippen LogP contribution in [0.25, 0.3) is 0 Å². The van der Waals surface area contributed by atoms with Crippen LogP contribution in [0.4, 0.5) is 11.4 Å². The second kappa shape index (κ2) is 13.1. The van der Waals surface area contributed by atoms with Crippen molar-refractivity contribution in [2.24, 2.45) is 0 Å². The second-order valence-corrected chi connectivity index (χ2v) is 9.98. The molecule has 0 fully saturated rings. The Morgan fingerprint density at radius 2 is 1.67 bits per heavy atom. The molecule has 1 aliphatic heterocycles. The quantitative estimate of drug-likeness (QED) is 0.279. The Balaban J connectivity index is 1.59. The smallest absolute Gasteiger partial charge is 0.254 e. The number of nitriles is 1. The van der Waals surface area contributed by atoms with Gasteiger partial charge in [0.15, 0.2) is 0 Å². The molecule has 1 atom stereocenters. The van der Waals surface area contributed by atoms with Crippen molar-refractivity contribution < 1.29 is 14.3 Å². The summed E-state index contributed by atoms with van der Waals surface area (Å²) in [5.41, 5.74) is 3.17. The van der Waals surface area contributed by atoms with Gasteiger partial charge in [0.1, 0.15) is 5.75 Å². The Hall–Kier alpha value is -4.19. The third-order valence-corrected chi connectivity index (χ3v) is 7.30. The van der Waals surface area contributed by atoms with Gasteiger partial charge in [0, 0.05) is 27.7 Å². The van der Waals surface area contributed by atoms with Gasteiger partial charge < -0.3 is 20.7 Å². The molecule has 0 aliphatic carbocycles. The highest BCUT2D eigenvalue weighted by molar-refractivity contribution is 8.03. The standard InChI is InChI=1S/C30H27ClN4O3S/c1-3-38-22-15-13-21(14-16-22)34-26(36)18-39-30-24(17-32)28(23-11-7-8-12-25(23)31)27(19(2)33-30)29(37)35-20-9-5-4-6-10-20/h4-16,28,33H,3,18H2,1-2H3,(H,34,36)(H,35,37)/t28-/m1/s1. The fourth-order valence-electron chi connectivity index (χ4n) is 4.20. The molecule has 1 heterocycles. The van der Waals surface area contributed by atoms with Crippen LogP contribution in [0.2, 0.25) is 5.02 Å². The molecule has 3 aromatic rings. The number of halogens is 1. The molecule has 0 bridgehead atoms. The number of nitrogens with zero attached hydrogens (tertiary/aromatic N) is 1. The van der Waals surface area contributed by atoms with Gasteiger partial charge in [-0.3, -0.25) is 9.59 Å². The van der Waals surface area contributed by atoms with E-state index in [1.165, 1.54) is 11.8 Å². The molecule has 0 unspecified atom stereocenters. The number of carbonyl (C=O) groups excluding carboxylic acids is 2. The molecule has 2 amide bonds. The van der Waals surface area contributed by atoms with Gasteiger partial charge in [0.2, 0.25) is 5.91 Å². The normalized spacial score (nSPS) is 14.8. The maximum Gasteiger partial charge on any atom is 0.254 e. The van der Waals surface area contributed by atoms with Gasteiger partial charge in [0.05, 0.1) is 34.9 Å². The predicted octanol–water partition coefficient (Wildman–Crippen LogP) is 6.45. The molecule has 3 aromatic carbocycles. The lowest BCUT2D eigenvalue weighted by Gasteiger charge is -2.30. The maximum atomic E-state index is 13.5. The summed E-state index contributed by atoms with van der Waals surface area (Å²) in [5, 5.41) is 20.2. The zero-order valence-electron chi connectivity index (χ0n) is 21.5. The van der Waals surface area contributed by atoms with Gasteiger partial charge in [0.25, 0.3) is 5.91 Å². The Kier molecular flexibility index (Phi) is 9.31. The van der Waals surface area contributed by atoms with Gasteiger partial charge in [-0.2, -0.15) is 5.26 Å². The molecule has 7 nitrogen and oxygen atoms in total. The van der Waals surface area contributed by atoms with Crippen LogP contribution in [0.3, 0.4) is 0 Å². The topological polar surface area (TPSA) is 103 Å². The van der Waals surface area contributed by atoms with Crippen LogP contribution in [0.15, 0.2) is 101 Å². The van der Waals surface area contributed by atoms with Crippen LogP contribution in [-0.2, 0) is 9.59 Å². The number of benzene rings is 3. The third kappa shape index (κ3) is 6.82. The molecule has 4 rings (SSSR count). The number of para-hydroxylation sites is 1. The van der Waals surface area contributed by atoms with E-state index in [2.05, 4.69) is 22.0 Å². The molecule has 1 aliphatic rings. The van der Waals surface area contributed by atoms with Crippen molar-refractivity contribution in [2.75, 3.05) is 23.0 Å². The summed E-state index contributed by atoms with van der Waals surface area (Å²) in [7, 11) is 0. The predicted molar refractivity (Wildman–Crippen MR) is 156 cm³/mol. The van der Waals surface area contributed by atoms with E-state index < -0.39 is 5.92 Å². The van der Waals surface area contributed by atoms with Crippen molar-refractivity contribution in [1.29, 1.82) is 5.26 Å². The summed E-state index contributed by atoms with van der Waals surface area (Å²) in [6, 6.07) is 25.6. The molecule has 198 valence electrons. The van der Waals surface area contributed by atoms with Crippen molar-refractivity contribution in [3.05, 3.63) is 111 Å². The summed E-state index contributed by atoms with van der Waals surface area (Å²) in [5.74, 6) is -0.528. The van der Waals surface area contributed by atoms with Crippen molar-refractivity contribution >= 4 is 46.6 Å². The number of dihydropyridines is 1. The fourth-order valence-corrected chi connectivity index (χ4v) is 5.34. The minimum Gasteiger partial charge on any atom is -0.494 e. The highest BCUT2D eigenvalue weighted by Crippen LogP contribution is 2.43. The molecule has 0 saturated carbocycles. The first kappa shape index (κ1) is 27.8. The van der Waals surface area contributed by atoms with Gasteiger partial charge in [-0.05, 0) is 61.9 Å². The molecule has 0 saturated heterocycles. The number of nitrogens with one attached hydrogen (secondary N) is 3. The molecular weight excluding hydrogens is 532 g/mol. The summed E-state index contributed by atoms with van der Waals surface area (Å²) in [4.78, 5) is 26.2. The van der Waals surface area contributed by atoms with E-state index in [1.54, 1.807) is 61.5 Å². The van der Waals surface area contributed by atoms with Crippen LogP contribution in [0.1, 0.15) is 25.3 Å². The lowest BCUT2D eigenvalue weighted by Crippen LogP contribution is -2.31. The highest BCUT2D eigenvalue weighted by Gasteiger charge is 2.36. The monoisotopic (exact) mass is 558 g/mol. The zero-order chi connectivity index (χ0) is 27.8. The van der Waals surface area contributed by atoms with Gasteiger partial charge in [-0.25, -0.2) is 0 Å². The summed E-state index contributed by atoms with van der Waals surface area (Å²) in [6.45, 7) is 4.24. The summed E-state index contributed by atoms with van der Waals surface area (Å²) in [6.07, 6.45) is 0. The van der Waals surface area contributed by atoms with E-state index in [-0.39, 0.29) is 17.6 Å². The number of amides is 2. The number of ether oxygens (including phenoxy) is 1. The molecule has 3 N–H and O–H groups in total. The number of thioether (sulfide) groups is 1. The number of allylic oxidation sites excluding steroid dienone is 2. The van der Waals surface area contributed by atoms with Gasteiger partial charge >= 0.3 is 0 Å². The van der Waals surface area contributed by atoms with E-state index in [1.807, 2.05) is 31.2 Å². The zero-order valence-corrected chi connectivity index (χ0v) is 23.0. The lowest BCUT2D eigenvalue weighted by molar-refractivity contribution is -0.114. The molecule has 0 aromatic heterocycles. The first-order chi connectivity index (χ1) is 18.9. The molecular formula is C30H27ClN4O3S. The van der Waals surface area contributed by atoms with E-state index in [0.717, 1.165) is 5.75 Å². The first-order valence-electron chi connectivity index (χ1n) is 12.3. The molecule has 0 spiro atoms. The van der Waals surface area contributed by atoms with Crippen LogP contribution >= 0.6 is 23.4 Å². The van der Waals surface area contributed by atoms with Crippen LogP contribution in [-0.4, -0.2) is 24.2 Å². The lowest BCUT2D eigenvalue weighted by atomic mass is 9.82. The Labute approximate surface area is 236 Å². The summed E-state index contributed by atoms with van der Waals surface area (Å²) < 4.78 is 5.44. The van der Waals surface area contributed by atoms with Crippen molar-refractivity contribution in [3.63, 3.8) is 0 Å². The van der Waals surface area contributed by atoms with E-state index in [0.29, 0.717) is 50.4 Å². The van der Waals surface area contributed by atoms with Crippen LogP contribution < -0.4 is 20.7 Å². The average Bonchev–Trinajstić information content (AvgIpc) is 2.93. The minimum absolute atomic E-state index is 0.0504. The van der Waals surface area contributed by atoms with Crippen LogP contribution in [0, 0.1) is 11.3 Å². The van der Waals surface area contributed by atoms with Crippen molar-refractivity contribution in [2.45, 2.75) is 19.8 Å². The first-order valence-corrected chi connectivity index (χ1v) is 13.7. The maximum absolute atomic E-state index is 13.5. The SMILES string of the molecule is CCOc1ccc(NC(=O)CSC2=C(C#N)[C@@H](c3ccccc3Cl)C(C(=O)Nc3ccccc3)=C(C)N2)cc1. The van der Waals surface area contributed by atoms with E-state index in [4.69, 9.17) is 16.3 Å². The number of carbonyl (C=O) groups is 2. The minimum atomic E-state index is -0.717. The average molecular weight is 559 g/mol. The Morgan fingerprint density at radius 3 is 2.33 bits per heavy atom. The largest absolute Gasteiger partial charge is 0.494 e. The second-order valence-electron chi connectivity index (χ2n) is 8.59. The molecule has 9 heteroatoms. The number of anilines is 2. The molecule has 39 heavy (non-hydrogen) atoms. The highest BCUT2D eigenvalue weighted by atomic mass is 35.5. The number of rotatable bonds is 9. The van der Waals surface area contributed by atoms with E-state index in [9.17, 15) is 14.9 Å². The number of hydrogen-bond acceptors (Lipinski definition) is 6. The van der Waals surface area contributed by atoms with Crippen molar-refractivity contribution in [1.82, 2.24) is 5.32 Å². The van der Waals surface area contributed by atoms with Gasteiger partial charge in [-0.1, -0.05) is 59.8 Å². The summed E-state index contributed by atoms with van der Waals surface area (Å²) >= 11 is 7.76. The number of hydrogen-bond donors (Lipinski definition) is 3. The fraction of sp³-hybridized carbons (Fsp3) is 0.167. The molecule has 0 radical (unpaired) electrons. The Bertz CT molecular complexity index is 1460. The van der Waals surface area contributed by atoms with Gasteiger partial charge in [-0.15, -0.1) is 0 Å². The van der Waals surface area contributed by atoms with E-state index >= 15 is 0 Å². The van der Waals surface area contributed by atoms with Crippen LogP contribution in [0.5, 0.6) is 5.75 Å². The third-order valence-electron chi connectivity index (χ3n) is 5.94. The van der Waals surface area contributed by atoms with Crippen molar-refractivity contribution in [3.8, 4) is 11.8 Å². The Morgan fingerprint density at radius 1 is 1.00 bits per heavy atom.